The predicted octanol–water partition coefficient (Wildman–Crippen LogP) is 1.38. The van der Waals surface area contributed by atoms with E-state index in [1.54, 1.807) is 6.07 Å². The van der Waals surface area contributed by atoms with Crippen molar-refractivity contribution in [3.05, 3.63) is 34.9 Å². The Morgan fingerprint density at radius 2 is 2.00 bits per heavy atom. The van der Waals surface area contributed by atoms with Gasteiger partial charge in [0.05, 0.1) is 0 Å². The molecular formula is C13H15NO3. The molecule has 4 nitrogen and oxygen atoms in total. The number of hydrogen-bond donors (Lipinski definition) is 2. The number of hydrogen-bond acceptors (Lipinski definition) is 2. The van der Waals surface area contributed by atoms with E-state index in [9.17, 15) is 9.59 Å². The van der Waals surface area contributed by atoms with Crippen LogP contribution in [0.4, 0.5) is 0 Å². The first-order chi connectivity index (χ1) is 8.08. The maximum absolute atomic E-state index is 11.8. The van der Waals surface area contributed by atoms with Gasteiger partial charge in [0.15, 0.2) is 0 Å². The SMILES string of the molecule is C[C@H](NC(=O)c1ccc2c(c1)CCC2)C(=O)O. The largest absolute Gasteiger partial charge is 0.480 e. The summed E-state index contributed by atoms with van der Waals surface area (Å²) in [6.45, 7) is 1.45. The van der Waals surface area contributed by atoms with Crippen LogP contribution in [0.25, 0.3) is 0 Å². The number of aryl methyl sites for hydroxylation is 2. The summed E-state index contributed by atoms with van der Waals surface area (Å²) in [6.07, 6.45) is 3.21. The van der Waals surface area contributed by atoms with Crippen molar-refractivity contribution < 1.29 is 14.7 Å². The molecule has 17 heavy (non-hydrogen) atoms. The van der Waals surface area contributed by atoms with Gasteiger partial charge in [-0.3, -0.25) is 9.59 Å². The first kappa shape index (κ1) is 11.6. The van der Waals surface area contributed by atoms with Gasteiger partial charge in [-0.15, -0.1) is 0 Å². The van der Waals surface area contributed by atoms with E-state index in [1.165, 1.54) is 18.1 Å². The second-order valence-corrected chi connectivity index (χ2v) is 4.37. The van der Waals surface area contributed by atoms with Gasteiger partial charge in [0.25, 0.3) is 5.91 Å². The molecule has 2 rings (SSSR count). The van der Waals surface area contributed by atoms with E-state index in [-0.39, 0.29) is 5.91 Å². The molecule has 4 heteroatoms. The van der Waals surface area contributed by atoms with Gasteiger partial charge in [-0.25, -0.2) is 0 Å². The summed E-state index contributed by atoms with van der Waals surface area (Å²) < 4.78 is 0. The van der Waals surface area contributed by atoms with Gasteiger partial charge in [-0.1, -0.05) is 6.07 Å². The quantitative estimate of drug-likeness (QED) is 0.828. The van der Waals surface area contributed by atoms with Crippen LogP contribution in [0.2, 0.25) is 0 Å². The van der Waals surface area contributed by atoms with Crippen LogP contribution in [0.3, 0.4) is 0 Å². The standard InChI is InChI=1S/C13H15NO3/c1-8(13(16)17)14-12(15)11-6-5-9-3-2-4-10(9)7-11/h5-8H,2-4H2,1H3,(H,14,15)(H,16,17)/t8-/m0/s1. The van der Waals surface area contributed by atoms with Gasteiger partial charge in [-0.2, -0.15) is 0 Å². The van der Waals surface area contributed by atoms with E-state index in [0.717, 1.165) is 19.3 Å². The Hall–Kier alpha value is -1.84. The Bertz CT molecular complexity index is 468. The molecule has 1 amide bonds. The lowest BCUT2D eigenvalue weighted by Crippen LogP contribution is -2.38. The number of carboxylic acids is 1. The number of fused-ring (bicyclic) bond motifs is 1. The Morgan fingerprint density at radius 3 is 2.71 bits per heavy atom. The minimum atomic E-state index is -1.03. The van der Waals surface area contributed by atoms with Crippen molar-refractivity contribution in [2.24, 2.45) is 0 Å². The van der Waals surface area contributed by atoms with Crippen LogP contribution in [-0.2, 0) is 17.6 Å². The highest BCUT2D eigenvalue weighted by molar-refractivity contribution is 5.96. The first-order valence-corrected chi connectivity index (χ1v) is 5.73. The molecule has 90 valence electrons. The van der Waals surface area contributed by atoms with Gasteiger partial charge in [0.2, 0.25) is 0 Å². The third-order valence-electron chi connectivity index (χ3n) is 3.08. The lowest BCUT2D eigenvalue weighted by Gasteiger charge is -2.10. The van der Waals surface area contributed by atoms with E-state index in [0.29, 0.717) is 5.56 Å². The maximum atomic E-state index is 11.8. The zero-order valence-electron chi connectivity index (χ0n) is 9.69. The molecule has 0 unspecified atom stereocenters. The summed E-state index contributed by atoms with van der Waals surface area (Å²) in [7, 11) is 0. The highest BCUT2D eigenvalue weighted by atomic mass is 16.4. The van der Waals surface area contributed by atoms with Crippen LogP contribution in [0.1, 0.15) is 34.8 Å². The van der Waals surface area contributed by atoms with Crippen LogP contribution in [0.15, 0.2) is 18.2 Å². The highest BCUT2D eigenvalue weighted by Crippen LogP contribution is 2.22. The number of rotatable bonds is 3. The molecule has 1 aliphatic rings. The zero-order chi connectivity index (χ0) is 12.4. The molecule has 0 aromatic heterocycles. The average molecular weight is 233 g/mol. The number of amides is 1. The fourth-order valence-electron chi connectivity index (χ4n) is 2.05. The number of benzene rings is 1. The van der Waals surface area contributed by atoms with Gasteiger partial charge in [0, 0.05) is 5.56 Å². The minimum absolute atomic E-state index is 0.324. The molecule has 2 N–H and O–H groups in total. The van der Waals surface area contributed by atoms with Crippen LogP contribution in [-0.4, -0.2) is 23.0 Å². The van der Waals surface area contributed by atoms with Crippen molar-refractivity contribution in [3.63, 3.8) is 0 Å². The number of carbonyl (C=O) groups is 2. The van der Waals surface area contributed by atoms with E-state index in [1.807, 2.05) is 12.1 Å². The van der Waals surface area contributed by atoms with E-state index >= 15 is 0 Å². The van der Waals surface area contributed by atoms with Crippen molar-refractivity contribution in [1.82, 2.24) is 5.32 Å². The third kappa shape index (κ3) is 2.46. The summed E-state index contributed by atoms with van der Waals surface area (Å²) in [5.74, 6) is -1.35. The fraction of sp³-hybridized carbons (Fsp3) is 0.385. The first-order valence-electron chi connectivity index (χ1n) is 5.73. The van der Waals surface area contributed by atoms with E-state index in [2.05, 4.69) is 5.32 Å². The Morgan fingerprint density at radius 1 is 1.29 bits per heavy atom. The van der Waals surface area contributed by atoms with Crippen molar-refractivity contribution in [2.45, 2.75) is 32.2 Å². The van der Waals surface area contributed by atoms with Gasteiger partial charge in [0.1, 0.15) is 6.04 Å². The van der Waals surface area contributed by atoms with Crippen LogP contribution in [0.5, 0.6) is 0 Å². The van der Waals surface area contributed by atoms with Crippen molar-refractivity contribution in [3.8, 4) is 0 Å². The summed E-state index contributed by atoms with van der Waals surface area (Å²) in [6, 6.07) is 4.72. The summed E-state index contributed by atoms with van der Waals surface area (Å²) in [5, 5.41) is 11.2. The van der Waals surface area contributed by atoms with Crippen LogP contribution >= 0.6 is 0 Å². The van der Waals surface area contributed by atoms with E-state index < -0.39 is 12.0 Å². The normalized spacial score (nSPS) is 15.1. The van der Waals surface area contributed by atoms with Crippen molar-refractivity contribution in [1.29, 1.82) is 0 Å². The molecule has 1 aromatic carbocycles. The summed E-state index contributed by atoms with van der Waals surface area (Å²) >= 11 is 0. The minimum Gasteiger partial charge on any atom is -0.480 e. The lowest BCUT2D eigenvalue weighted by atomic mass is 10.1. The number of aliphatic carboxylic acids is 1. The molecule has 0 aliphatic heterocycles. The predicted molar refractivity (Wildman–Crippen MR) is 63.0 cm³/mol. The van der Waals surface area contributed by atoms with Gasteiger partial charge in [-0.05, 0) is 49.4 Å². The molecule has 0 radical (unpaired) electrons. The number of nitrogens with one attached hydrogen (secondary N) is 1. The molecule has 0 saturated carbocycles. The highest BCUT2D eigenvalue weighted by Gasteiger charge is 2.17. The summed E-state index contributed by atoms with van der Waals surface area (Å²) in [5.41, 5.74) is 3.05. The topological polar surface area (TPSA) is 66.4 Å². The van der Waals surface area contributed by atoms with Crippen LogP contribution in [0, 0.1) is 0 Å². The molecule has 0 bridgehead atoms. The third-order valence-corrected chi connectivity index (χ3v) is 3.08. The molecule has 0 spiro atoms. The second kappa shape index (κ2) is 4.57. The second-order valence-electron chi connectivity index (χ2n) is 4.37. The molecular weight excluding hydrogens is 218 g/mol. The van der Waals surface area contributed by atoms with E-state index in [4.69, 9.17) is 5.11 Å². The fourth-order valence-corrected chi connectivity index (χ4v) is 2.05. The van der Waals surface area contributed by atoms with Crippen molar-refractivity contribution >= 4 is 11.9 Å². The Balaban J connectivity index is 2.12. The number of carbonyl (C=O) groups excluding carboxylic acids is 1. The van der Waals surface area contributed by atoms with Gasteiger partial charge >= 0.3 is 5.97 Å². The monoisotopic (exact) mass is 233 g/mol. The summed E-state index contributed by atoms with van der Waals surface area (Å²) in [4.78, 5) is 22.4. The molecule has 0 fully saturated rings. The van der Waals surface area contributed by atoms with Gasteiger partial charge < -0.3 is 10.4 Å². The molecule has 1 aromatic rings. The smallest absolute Gasteiger partial charge is 0.325 e. The van der Waals surface area contributed by atoms with Crippen molar-refractivity contribution in [2.75, 3.05) is 0 Å². The Kier molecular flexibility index (Phi) is 3.13. The van der Waals surface area contributed by atoms with Crippen LogP contribution < -0.4 is 5.32 Å². The number of carboxylic acid groups (broad SMARTS) is 1. The molecule has 0 heterocycles. The average Bonchev–Trinajstić information content (AvgIpc) is 2.75. The Labute approximate surface area is 99.6 Å². The molecule has 1 atom stereocenters. The lowest BCUT2D eigenvalue weighted by molar-refractivity contribution is -0.138. The maximum Gasteiger partial charge on any atom is 0.325 e. The molecule has 0 saturated heterocycles. The zero-order valence-corrected chi connectivity index (χ0v) is 9.69. The molecule has 1 aliphatic carbocycles.